The Balaban J connectivity index is 2.26. The predicted molar refractivity (Wildman–Crippen MR) is 80.8 cm³/mol. The van der Waals surface area contributed by atoms with Crippen LogP contribution in [0.1, 0.15) is 18.1 Å². The molecule has 0 unspecified atom stereocenters. The van der Waals surface area contributed by atoms with E-state index in [4.69, 9.17) is 4.74 Å². The first-order valence-corrected chi connectivity index (χ1v) is 6.99. The molecule has 1 aromatic heterocycles. The summed E-state index contributed by atoms with van der Waals surface area (Å²) in [7, 11) is 0. The Morgan fingerprint density at radius 3 is 2.71 bits per heavy atom. The van der Waals surface area contributed by atoms with E-state index in [-0.39, 0.29) is 12.2 Å². The van der Waals surface area contributed by atoms with Crippen molar-refractivity contribution >= 4 is 11.4 Å². The molecule has 1 heterocycles. The minimum absolute atomic E-state index is 0.0145. The molecular weight excluding hydrogens is 327 g/mol. The minimum Gasteiger partial charge on any atom is -0.478 e. The van der Waals surface area contributed by atoms with Gasteiger partial charge in [-0.1, -0.05) is 6.07 Å². The van der Waals surface area contributed by atoms with Gasteiger partial charge in [-0.05, 0) is 25.1 Å². The molecule has 24 heavy (non-hydrogen) atoms. The Bertz CT molecular complexity index is 735. The Labute approximate surface area is 135 Å². The second-order valence-electron chi connectivity index (χ2n) is 4.74. The summed E-state index contributed by atoms with van der Waals surface area (Å²) < 4.78 is 43.4. The first kappa shape index (κ1) is 17.5. The van der Waals surface area contributed by atoms with Crippen molar-refractivity contribution < 1.29 is 22.8 Å². The summed E-state index contributed by atoms with van der Waals surface area (Å²) >= 11 is 0. The molecule has 0 saturated carbocycles. The van der Waals surface area contributed by atoms with Gasteiger partial charge in [0, 0.05) is 24.4 Å². The highest BCUT2D eigenvalue weighted by Crippen LogP contribution is 2.35. The topological polar surface area (TPSA) is 77.3 Å². The average Bonchev–Trinajstić information content (AvgIpc) is 2.53. The number of ether oxygens (including phenoxy) is 1. The lowest BCUT2D eigenvalue weighted by molar-refractivity contribution is -0.384. The maximum atomic E-state index is 12.7. The third-order valence-corrected chi connectivity index (χ3v) is 3.12. The van der Waals surface area contributed by atoms with Gasteiger partial charge in [0.25, 0.3) is 5.69 Å². The second kappa shape index (κ2) is 7.16. The highest BCUT2D eigenvalue weighted by Gasteiger charge is 2.33. The zero-order valence-electron chi connectivity index (χ0n) is 12.6. The van der Waals surface area contributed by atoms with Gasteiger partial charge in [0.2, 0.25) is 5.88 Å². The SMILES string of the molecule is CCOc1ncccc1CNc1ccc(C(F)(F)F)cc1[N+](=O)[O-]. The number of rotatable bonds is 6. The van der Waals surface area contributed by atoms with Crippen LogP contribution >= 0.6 is 0 Å². The van der Waals surface area contributed by atoms with E-state index in [1.165, 1.54) is 6.20 Å². The number of nitro groups is 1. The summed E-state index contributed by atoms with van der Waals surface area (Å²) in [6.45, 7) is 2.30. The maximum absolute atomic E-state index is 12.7. The molecule has 0 amide bonds. The minimum atomic E-state index is -4.64. The van der Waals surface area contributed by atoms with Crippen LogP contribution in [0.5, 0.6) is 5.88 Å². The highest BCUT2D eigenvalue weighted by molar-refractivity contribution is 5.63. The van der Waals surface area contributed by atoms with Gasteiger partial charge in [0.15, 0.2) is 0 Å². The molecule has 1 aromatic carbocycles. The molecular formula is C15H14F3N3O3. The Kier molecular flexibility index (Phi) is 5.22. The normalized spacial score (nSPS) is 11.2. The zero-order valence-corrected chi connectivity index (χ0v) is 12.6. The summed E-state index contributed by atoms with van der Waals surface area (Å²) in [5.74, 6) is 0.363. The molecule has 0 aliphatic rings. The van der Waals surface area contributed by atoms with Crippen LogP contribution in [0.2, 0.25) is 0 Å². The Morgan fingerprint density at radius 1 is 1.33 bits per heavy atom. The van der Waals surface area contributed by atoms with Crippen LogP contribution in [0.15, 0.2) is 36.5 Å². The number of anilines is 1. The summed E-state index contributed by atoms with van der Waals surface area (Å²) in [6, 6.07) is 5.72. The lowest BCUT2D eigenvalue weighted by Gasteiger charge is -2.12. The molecule has 0 radical (unpaired) electrons. The van der Waals surface area contributed by atoms with E-state index in [0.29, 0.717) is 24.1 Å². The number of alkyl halides is 3. The number of aromatic nitrogens is 1. The molecule has 9 heteroatoms. The number of hydrogen-bond acceptors (Lipinski definition) is 5. The van der Waals surface area contributed by atoms with Gasteiger partial charge in [-0.2, -0.15) is 13.2 Å². The third kappa shape index (κ3) is 4.12. The van der Waals surface area contributed by atoms with Crippen LogP contribution in [-0.4, -0.2) is 16.5 Å². The molecule has 2 aromatic rings. The van der Waals surface area contributed by atoms with Gasteiger partial charge in [-0.25, -0.2) is 4.98 Å². The molecule has 0 aliphatic carbocycles. The summed E-state index contributed by atoms with van der Waals surface area (Å²) in [4.78, 5) is 14.2. The summed E-state index contributed by atoms with van der Waals surface area (Å²) in [6.07, 6.45) is -3.11. The summed E-state index contributed by atoms with van der Waals surface area (Å²) in [5.41, 5.74) is -1.10. The molecule has 0 fully saturated rings. The summed E-state index contributed by atoms with van der Waals surface area (Å²) in [5, 5.41) is 13.8. The van der Waals surface area contributed by atoms with Crippen LogP contribution in [0, 0.1) is 10.1 Å². The maximum Gasteiger partial charge on any atom is 0.416 e. The van der Waals surface area contributed by atoms with E-state index in [1.807, 2.05) is 0 Å². The van der Waals surface area contributed by atoms with Gasteiger partial charge in [-0.15, -0.1) is 0 Å². The van der Waals surface area contributed by atoms with Crippen LogP contribution in [0.25, 0.3) is 0 Å². The third-order valence-electron chi connectivity index (χ3n) is 3.12. The predicted octanol–water partition coefficient (Wildman–Crippen LogP) is 4.02. The Hall–Kier alpha value is -2.84. The van der Waals surface area contributed by atoms with Crippen LogP contribution in [-0.2, 0) is 12.7 Å². The number of hydrogen-bond donors (Lipinski definition) is 1. The molecule has 6 nitrogen and oxygen atoms in total. The fraction of sp³-hybridized carbons (Fsp3) is 0.267. The lowest BCUT2D eigenvalue weighted by Crippen LogP contribution is -2.09. The van der Waals surface area contributed by atoms with Crippen LogP contribution in [0.3, 0.4) is 0 Å². The fourth-order valence-electron chi connectivity index (χ4n) is 2.02. The number of pyridine rings is 1. The number of nitrogens with one attached hydrogen (secondary N) is 1. The van der Waals surface area contributed by atoms with Crippen LogP contribution in [0.4, 0.5) is 24.5 Å². The highest BCUT2D eigenvalue weighted by atomic mass is 19.4. The van der Waals surface area contributed by atoms with Crippen molar-refractivity contribution in [3.63, 3.8) is 0 Å². The van der Waals surface area contributed by atoms with Crippen molar-refractivity contribution in [2.45, 2.75) is 19.6 Å². The molecule has 0 saturated heterocycles. The molecule has 128 valence electrons. The van der Waals surface area contributed by atoms with Crippen molar-refractivity contribution in [2.75, 3.05) is 11.9 Å². The molecule has 2 rings (SSSR count). The van der Waals surface area contributed by atoms with E-state index in [2.05, 4.69) is 10.3 Å². The van der Waals surface area contributed by atoms with E-state index < -0.39 is 22.4 Å². The first-order valence-electron chi connectivity index (χ1n) is 6.99. The molecule has 0 bridgehead atoms. The van der Waals surface area contributed by atoms with E-state index >= 15 is 0 Å². The fourth-order valence-corrected chi connectivity index (χ4v) is 2.02. The average molecular weight is 341 g/mol. The number of benzene rings is 1. The Morgan fingerprint density at radius 2 is 2.08 bits per heavy atom. The molecule has 0 spiro atoms. The van der Waals surface area contributed by atoms with Gasteiger partial charge in [0.05, 0.1) is 17.1 Å². The van der Waals surface area contributed by atoms with Crippen LogP contribution < -0.4 is 10.1 Å². The van der Waals surface area contributed by atoms with Gasteiger partial charge < -0.3 is 10.1 Å². The van der Waals surface area contributed by atoms with Gasteiger partial charge in [-0.3, -0.25) is 10.1 Å². The lowest BCUT2D eigenvalue weighted by atomic mass is 10.1. The van der Waals surface area contributed by atoms with Gasteiger partial charge in [0.1, 0.15) is 5.69 Å². The first-order chi connectivity index (χ1) is 11.3. The van der Waals surface area contributed by atoms with Crippen molar-refractivity contribution in [3.8, 4) is 5.88 Å². The number of halogens is 3. The van der Waals surface area contributed by atoms with E-state index in [0.717, 1.165) is 12.1 Å². The smallest absolute Gasteiger partial charge is 0.416 e. The molecule has 0 atom stereocenters. The zero-order chi connectivity index (χ0) is 17.7. The monoisotopic (exact) mass is 341 g/mol. The van der Waals surface area contributed by atoms with Crippen molar-refractivity contribution in [1.82, 2.24) is 4.98 Å². The number of nitrogens with zero attached hydrogens (tertiary/aromatic N) is 2. The largest absolute Gasteiger partial charge is 0.478 e. The molecule has 1 N–H and O–H groups in total. The number of nitro benzene ring substituents is 1. The van der Waals surface area contributed by atoms with Gasteiger partial charge >= 0.3 is 6.18 Å². The second-order valence-corrected chi connectivity index (χ2v) is 4.74. The standard InChI is InChI=1S/C15H14F3N3O3/c1-2-24-14-10(4-3-7-19-14)9-20-12-6-5-11(15(16,17)18)8-13(12)21(22)23/h3-8,20H,2,9H2,1H3. The van der Waals surface area contributed by atoms with Crippen molar-refractivity contribution in [2.24, 2.45) is 0 Å². The molecule has 0 aliphatic heterocycles. The van der Waals surface area contributed by atoms with E-state index in [1.54, 1.807) is 19.1 Å². The van der Waals surface area contributed by atoms with Crippen molar-refractivity contribution in [3.05, 3.63) is 57.8 Å². The van der Waals surface area contributed by atoms with Crippen molar-refractivity contribution in [1.29, 1.82) is 0 Å². The van der Waals surface area contributed by atoms with E-state index in [9.17, 15) is 23.3 Å². The quantitative estimate of drug-likeness (QED) is 0.634.